The van der Waals surface area contributed by atoms with Gasteiger partial charge in [0.1, 0.15) is 5.75 Å². The second-order valence-electron chi connectivity index (χ2n) is 6.08. The maximum absolute atomic E-state index is 12.2. The Bertz CT molecular complexity index is 461. The van der Waals surface area contributed by atoms with E-state index in [4.69, 9.17) is 0 Å². The molecule has 1 aromatic rings. The van der Waals surface area contributed by atoms with Gasteiger partial charge < -0.3 is 10.1 Å². The summed E-state index contributed by atoms with van der Waals surface area (Å²) in [5, 5.41) is 3.46. The van der Waals surface area contributed by atoms with Crippen LogP contribution in [0.15, 0.2) is 24.3 Å². The van der Waals surface area contributed by atoms with Crippen molar-refractivity contribution in [3.63, 3.8) is 0 Å². The molecule has 3 unspecified atom stereocenters. The van der Waals surface area contributed by atoms with Crippen molar-refractivity contribution in [3.05, 3.63) is 29.8 Å². The molecule has 0 amide bonds. The standard InChI is InChI=1S/C16H22F3NO/c1-11-6-7-15(12(2)8-11)20-10-13-4-3-5-14(9-13)21-16(17,18)19/h3-5,9,11-12,15,20H,6-8,10H2,1-2H3. The van der Waals surface area contributed by atoms with Gasteiger partial charge in [-0.25, -0.2) is 0 Å². The summed E-state index contributed by atoms with van der Waals surface area (Å²) in [5.41, 5.74) is 0.808. The van der Waals surface area contributed by atoms with Crippen molar-refractivity contribution in [1.29, 1.82) is 0 Å². The van der Waals surface area contributed by atoms with Crippen molar-refractivity contribution in [2.24, 2.45) is 11.8 Å². The van der Waals surface area contributed by atoms with Gasteiger partial charge in [0.25, 0.3) is 0 Å². The van der Waals surface area contributed by atoms with E-state index in [-0.39, 0.29) is 5.75 Å². The number of rotatable bonds is 4. The van der Waals surface area contributed by atoms with Gasteiger partial charge in [0, 0.05) is 12.6 Å². The minimum atomic E-state index is -4.64. The highest BCUT2D eigenvalue weighted by molar-refractivity contribution is 5.28. The fourth-order valence-corrected chi connectivity index (χ4v) is 3.07. The Hall–Kier alpha value is -1.23. The van der Waals surface area contributed by atoms with Crippen LogP contribution in [-0.4, -0.2) is 12.4 Å². The lowest BCUT2D eigenvalue weighted by atomic mass is 9.80. The molecule has 1 fully saturated rings. The number of hydrogen-bond donors (Lipinski definition) is 1. The predicted molar refractivity (Wildman–Crippen MR) is 75.9 cm³/mol. The minimum Gasteiger partial charge on any atom is -0.406 e. The van der Waals surface area contributed by atoms with Crippen molar-refractivity contribution in [1.82, 2.24) is 5.32 Å². The molecule has 2 nitrogen and oxygen atoms in total. The highest BCUT2D eigenvalue weighted by atomic mass is 19.4. The summed E-state index contributed by atoms with van der Waals surface area (Å²) in [6, 6.07) is 6.60. The SMILES string of the molecule is CC1CCC(NCc2cccc(OC(F)(F)F)c2)C(C)C1. The van der Waals surface area contributed by atoms with Crippen molar-refractivity contribution >= 4 is 0 Å². The summed E-state index contributed by atoms with van der Waals surface area (Å²) in [4.78, 5) is 0. The van der Waals surface area contributed by atoms with Gasteiger partial charge in [-0.05, 0) is 48.8 Å². The number of ether oxygens (including phenoxy) is 1. The van der Waals surface area contributed by atoms with Crippen molar-refractivity contribution in [2.45, 2.75) is 52.1 Å². The van der Waals surface area contributed by atoms with E-state index < -0.39 is 6.36 Å². The van der Waals surface area contributed by atoms with Crippen LogP contribution in [0.2, 0.25) is 0 Å². The molecule has 1 aromatic carbocycles. The third-order valence-electron chi connectivity index (χ3n) is 4.13. The second-order valence-corrected chi connectivity index (χ2v) is 6.08. The Morgan fingerprint density at radius 2 is 2.00 bits per heavy atom. The zero-order valence-electron chi connectivity index (χ0n) is 12.4. The smallest absolute Gasteiger partial charge is 0.406 e. The van der Waals surface area contributed by atoms with E-state index in [0.29, 0.717) is 18.5 Å². The lowest BCUT2D eigenvalue weighted by Crippen LogP contribution is -2.38. The Morgan fingerprint density at radius 1 is 1.24 bits per heavy atom. The molecule has 0 spiro atoms. The molecule has 1 saturated carbocycles. The Balaban J connectivity index is 1.90. The van der Waals surface area contributed by atoms with Crippen LogP contribution in [0.5, 0.6) is 5.75 Å². The zero-order chi connectivity index (χ0) is 15.5. The average molecular weight is 301 g/mol. The van der Waals surface area contributed by atoms with E-state index in [1.165, 1.54) is 25.0 Å². The number of halogens is 3. The van der Waals surface area contributed by atoms with Gasteiger partial charge in [0.05, 0.1) is 0 Å². The van der Waals surface area contributed by atoms with Gasteiger partial charge in [-0.1, -0.05) is 26.0 Å². The van der Waals surface area contributed by atoms with E-state index in [9.17, 15) is 13.2 Å². The monoisotopic (exact) mass is 301 g/mol. The molecule has 0 bridgehead atoms. The molecule has 0 aliphatic heterocycles. The van der Waals surface area contributed by atoms with Crippen LogP contribution in [0.4, 0.5) is 13.2 Å². The summed E-state index contributed by atoms with van der Waals surface area (Å²) < 4.78 is 40.5. The zero-order valence-corrected chi connectivity index (χ0v) is 12.4. The van der Waals surface area contributed by atoms with Crippen LogP contribution in [-0.2, 0) is 6.54 Å². The van der Waals surface area contributed by atoms with Gasteiger partial charge in [-0.15, -0.1) is 13.2 Å². The summed E-state index contributed by atoms with van der Waals surface area (Å²) in [6.07, 6.45) is -1.10. The van der Waals surface area contributed by atoms with E-state index >= 15 is 0 Å². The maximum atomic E-state index is 12.2. The molecular weight excluding hydrogens is 279 g/mol. The van der Waals surface area contributed by atoms with Crippen molar-refractivity contribution < 1.29 is 17.9 Å². The molecule has 1 aliphatic rings. The molecule has 118 valence electrons. The molecule has 0 saturated heterocycles. The van der Waals surface area contributed by atoms with Gasteiger partial charge >= 0.3 is 6.36 Å². The van der Waals surface area contributed by atoms with Gasteiger partial charge in [0.15, 0.2) is 0 Å². The first kappa shape index (κ1) is 16.1. The van der Waals surface area contributed by atoms with Crippen LogP contribution in [0, 0.1) is 11.8 Å². The minimum absolute atomic E-state index is 0.160. The molecule has 0 aromatic heterocycles. The summed E-state index contributed by atoms with van der Waals surface area (Å²) in [6.45, 7) is 5.07. The van der Waals surface area contributed by atoms with Crippen LogP contribution >= 0.6 is 0 Å². The fourth-order valence-electron chi connectivity index (χ4n) is 3.07. The molecule has 3 atom stereocenters. The third-order valence-corrected chi connectivity index (χ3v) is 4.13. The molecular formula is C16H22F3NO. The number of hydrogen-bond acceptors (Lipinski definition) is 2. The fraction of sp³-hybridized carbons (Fsp3) is 0.625. The number of alkyl halides is 3. The molecule has 21 heavy (non-hydrogen) atoms. The average Bonchev–Trinajstić information content (AvgIpc) is 2.36. The topological polar surface area (TPSA) is 21.3 Å². The molecule has 2 rings (SSSR count). The Labute approximate surface area is 123 Å². The van der Waals surface area contributed by atoms with Gasteiger partial charge in [-0.3, -0.25) is 0 Å². The first-order chi connectivity index (χ1) is 9.83. The highest BCUT2D eigenvalue weighted by Gasteiger charge is 2.31. The Morgan fingerprint density at radius 3 is 2.67 bits per heavy atom. The quantitative estimate of drug-likeness (QED) is 0.884. The van der Waals surface area contributed by atoms with E-state index in [2.05, 4.69) is 23.9 Å². The molecule has 5 heteroatoms. The normalized spacial score (nSPS) is 26.6. The number of nitrogens with one attached hydrogen (secondary N) is 1. The maximum Gasteiger partial charge on any atom is 0.573 e. The predicted octanol–water partition coefficient (Wildman–Crippen LogP) is 4.50. The summed E-state index contributed by atoms with van der Waals surface area (Å²) in [7, 11) is 0. The van der Waals surface area contributed by atoms with Gasteiger partial charge in [0.2, 0.25) is 0 Å². The number of benzene rings is 1. The van der Waals surface area contributed by atoms with E-state index in [1.54, 1.807) is 6.07 Å². The second kappa shape index (κ2) is 6.69. The largest absolute Gasteiger partial charge is 0.573 e. The van der Waals surface area contributed by atoms with Crippen LogP contribution < -0.4 is 10.1 Å². The Kier molecular flexibility index (Phi) is 5.14. The first-order valence-electron chi connectivity index (χ1n) is 7.41. The molecule has 1 aliphatic carbocycles. The molecule has 0 heterocycles. The van der Waals surface area contributed by atoms with Crippen LogP contribution in [0.1, 0.15) is 38.7 Å². The van der Waals surface area contributed by atoms with Crippen LogP contribution in [0.3, 0.4) is 0 Å². The third kappa shape index (κ3) is 5.23. The lowest BCUT2D eigenvalue weighted by Gasteiger charge is -2.33. The van der Waals surface area contributed by atoms with E-state index in [1.807, 2.05) is 6.07 Å². The first-order valence-corrected chi connectivity index (χ1v) is 7.41. The van der Waals surface area contributed by atoms with E-state index in [0.717, 1.165) is 17.9 Å². The highest BCUT2D eigenvalue weighted by Crippen LogP contribution is 2.29. The molecule has 0 radical (unpaired) electrons. The van der Waals surface area contributed by atoms with Crippen molar-refractivity contribution in [2.75, 3.05) is 0 Å². The summed E-state index contributed by atoms with van der Waals surface area (Å²) in [5.74, 6) is 1.21. The lowest BCUT2D eigenvalue weighted by molar-refractivity contribution is -0.274. The van der Waals surface area contributed by atoms with Crippen LogP contribution in [0.25, 0.3) is 0 Å². The van der Waals surface area contributed by atoms with Gasteiger partial charge in [-0.2, -0.15) is 0 Å². The van der Waals surface area contributed by atoms with Crippen molar-refractivity contribution in [3.8, 4) is 5.75 Å². The molecule has 1 N–H and O–H groups in total. The summed E-state index contributed by atoms with van der Waals surface area (Å²) >= 11 is 0.